The average Bonchev–Trinajstić information content (AvgIpc) is 2.35. The van der Waals surface area contributed by atoms with Gasteiger partial charge < -0.3 is 10.6 Å². The molecule has 0 amide bonds. The maximum atomic E-state index is 12.8. The Morgan fingerprint density at radius 2 is 1.76 bits per heavy atom. The molecular formula is C14H23FN2. The Balaban J connectivity index is 2.34. The highest BCUT2D eigenvalue weighted by atomic mass is 19.1. The van der Waals surface area contributed by atoms with Crippen molar-refractivity contribution in [3.63, 3.8) is 0 Å². The van der Waals surface area contributed by atoms with Crippen LogP contribution in [0.25, 0.3) is 0 Å². The SMILES string of the molecule is CCN(CC)CCC[C@H](N)c1ccc(F)cc1. The normalized spacial score (nSPS) is 13.0. The Bertz CT molecular complexity index is 307. The molecule has 96 valence electrons. The van der Waals surface area contributed by atoms with Gasteiger partial charge in [0.05, 0.1) is 0 Å². The molecule has 1 atom stereocenters. The van der Waals surface area contributed by atoms with Gasteiger partial charge in [-0.15, -0.1) is 0 Å². The van der Waals surface area contributed by atoms with Gasteiger partial charge in [0.15, 0.2) is 0 Å². The lowest BCUT2D eigenvalue weighted by Crippen LogP contribution is -2.24. The summed E-state index contributed by atoms with van der Waals surface area (Å²) in [5.74, 6) is -0.205. The molecule has 1 aromatic rings. The van der Waals surface area contributed by atoms with Crippen LogP contribution in [0.15, 0.2) is 24.3 Å². The number of rotatable bonds is 7. The van der Waals surface area contributed by atoms with Gasteiger partial charge in [-0.25, -0.2) is 4.39 Å². The molecule has 0 aliphatic carbocycles. The molecule has 0 saturated heterocycles. The first-order valence-electron chi connectivity index (χ1n) is 6.40. The molecule has 1 rings (SSSR count). The first kappa shape index (κ1) is 14.1. The maximum absolute atomic E-state index is 12.8. The Kier molecular flexibility index (Phi) is 6.16. The van der Waals surface area contributed by atoms with Crippen molar-refractivity contribution < 1.29 is 4.39 Å². The summed E-state index contributed by atoms with van der Waals surface area (Å²) in [5.41, 5.74) is 7.09. The Morgan fingerprint density at radius 1 is 1.18 bits per heavy atom. The lowest BCUT2D eigenvalue weighted by atomic mass is 10.0. The van der Waals surface area contributed by atoms with Crippen LogP contribution in [0.5, 0.6) is 0 Å². The van der Waals surface area contributed by atoms with Gasteiger partial charge in [0, 0.05) is 6.04 Å². The van der Waals surface area contributed by atoms with Crippen LogP contribution in [0.3, 0.4) is 0 Å². The number of hydrogen-bond donors (Lipinski definition) is 1. The van der Waals surface area contributed by atoms with Gasteiger partial charge in [0.1, 0.15) is 5.82 Å². The third kappa shape index (κ3) is 4.84. The Morgan fingerprint density at radius 3 is 2.29 bits per heavy atom. The van der Waals surface area contributed by atoms with Crippen molar-refractivity contribution in [3.8, 4) is 0 Å². The molecule has 3 heteroatoms. The zero-order valence-electron chi connectivity index (χ0n) is 10.8. The molecule has 0 aromatic heterocycles. The Labute approximate surface area is 104 Å². The first-order chi connectivity index (χ1) is 8.17. The van der Waals surface area contributed by atoms with E-state index in [1.54, 1.807) is 12.1 Å². The van der Waals surface area contributed by atoms with Gasteiger partial charge in [-0.1, -0.05) is 26.0 Å². The second-order valence-corrected chi connectivity index (χ2v) is 4.33. The predicted molar refractivity (Wildman–Crippen MR) is 70.4 cm³/mol. The van der Waals surface area contributed by atoms with Gasteiger partial charge in [-0.3, -0.25) is 0 Å². The monoisotopic (exact) mass is 238 g/mol. The topological polar surface area (TPSA) is 29.3 Å². The molecule has 0 heterocycles. The molecule has 2 nitrogen and oxygen atoms in total. The number of nitrogens with zero attached hydrogens (tertiary/aromatic N) is 1. The van der Waals surface area contributed by atoms with Crippen molar-refractivity contribution >= 4 is 0 Å². The predicted octanol–water partition coefficient (Wildman–Crippen LogP) is 2.95. The molecule has 17 heavy (non-hydrogen) atoms. The average molecular weight is 238 g/mol. The lowest BCUT2D eigenvalue weighted by Gasteiger charge is -2.19. The minimum atomic E-state index is -0.205. The zero-order chi connectivity index (χ0) is 12.7. The molecule has 2 N–H and O–H groups in total. The largest absolute Gasteiger partial charge is 0.324 e. The van der Waals surface area contributed by atoms with Crippen molar-refractivity contribution in [1.29, 1.82) is 0 Å². The summed E-state index contributed by atoms with van der Waals surface area (Å²) in [7, 11) is 0. The lowest BCUT2D eigenvalue weighted by molar-refractivity contribution is 0.293. The van der Waals surface area contributed by atoms with E-state index in [2.05, 4.69) is 18.7 Å². The molecule has 0 aliphatic heterocycles. The Hall–Kier alpha value is -0.930. The van der Waals surface area contributed by atoms with Gasteiger partial charge in [0.2, 0.25) is 0 Å². The zero-order valence-corrected chi connectivity index (χ0v) is 10.8. The third-order valence-electron chi connectivity index (χ3n) is 3.18. The highest BCUT2D eigenvalue weighted by molar-refractivity contribution is 5.19. The fraction of sp³-hybridized carbons (Fsp3) is 0.571. The summed E-state index contributed by atoms with van der Waals surface area (Å²) in [6.45, 7) is 7.60. The van der Waals surface area contributed by atoms with E-state index in [4.69, 9.17) is 5.73 Å². The number of nitrogens with two attached hydrogens (primary N) is 1. The summed E-state index contributed by atoms with van der Waals surface area (Å²) >= 11 is 0. The van der Waals surface area contributed by atoms with Gasteiger partial charge in [-0.05, 0) is 50.2 Å². The van der Waals surface area contributed by atoms with Gasteiger partial charge >= 0.3 is 0 Å². The van der Waals surface area contributed by atoms with Crippen molar-refractivity contribution in [2.45, 2.75) is 32.7 Å². The number of halogens is 1. The molecule has 1 aromatic carbocycles. The summed E-state index contributed by atoms with van der Waals surface area (Å²) in [5, 5.41) is 0. The van der Waals surface area contributed by atoms with E-state index in [0.29, 0.717) is 0 Å². The van der Waals surface area contributed by atoms with Crippen molar-refractivity contribution in [1.82, 2.24) is 4.90 Å². The van der Waals surface area contributed by atoms with E-state index in [0.717, 1.165) is 38.0 Å². The standard InChI is InChI=1S/C14H23FN2/c1-3-17(4-2)11-5-6-14(16)12-7-9-13(15)10-8-12/h7-10,14H,3-6,11,16H2,1-2H3/t14-/m0/s1. The van der Waals surface area contributed by atoms with Crippen molar-refractivity contribution in [3.05, 3.63) is 35.6 Å². The van der Waals surface area contributed by atoms with E-state index < -0.39 is 0 Å². The van der Waals surface area contributed by atoms with E-state index in [1.807, 2.05) is 0 Å². The van der Waals surface area contributed by atoms with E-state index in [-0.39, 0.29) is 11.9 Å². The summed E-state index contributed by atoms with van der Waals surface area (Å²) in [6, 6.07) is 6.51. The molecule has 0 bridgehead atoms. The molecule has 0 aliphatic rings. The minimum Gasteiger partial charge on any atom is -0.324 e. The second kappa shape index (κ2) is 7.41. The smallest absolute Gasteiger partial charge is 0.123 e. The van der Waals surface area contributed by atoms with Crippen LogP contribution in [0.2, 0.25) is 0 Å². The molecular weight excluding hydrogens is 215 g/mol. The highest BCUT2D eigenvalue weighted by Crippen LogP contribution is 2.16. The third-order valence-corrected chi connectivity index (χ3v) is 3.18. The quantitative estimate of drug-likeness (QED) is 0.791. The molecule has 0 unspecified atom stereocenters. The van der Waals surface area contributed by atoms with Crippen molar-refractivity contribution in [2.75, 3.05) is 19.6 Å². The van der Waals surface area contributed by atoms with E-state index in [1.165, 1.54) is 12.1 Å². The molecule has 0 fully saturated rings. The van der Waals surface area contributed by atoms with Crippen LogP contribution in [0.1, 0.15) is 38.3 Å². The molecule has 0 radical (unpaired) electrons. The summed E-state index contributed by atoms with van der Waals surface area (Å²) in [6.07, 6.45) is 2.03. The number of hydrogen-bond acceptors (Lipinski definition) is 2. The van der Waals surface area contributed by atoms with E-state index in [9.17, 15) is 4.39 Å². The van der Waals surface area contributed by atoms with Crippen molar-refractivity contribution in [2.24, 2.45) is 5.73 Å². The fourth-order valence-electron chi connectivity index (χ4n) is 1.95. The minimum absolute atomic E-state index is 0.0196. The van der Waals surface area contributed by atoms with Crippen LogP contribution in [-0.4, -0.2) is 24.5 Å². The van der Waals surface area contributed by atoms with Crippen LogP contribution < -0.4 is 5.73 Å². The molecule has 0 spiro atoms. The summed E-state index contributed by atoms with van der Waals surface area (Å²) in [4.78, 5) is 2.39. The van der Waals surface area contributed by atoms with Gasteiger partial charge in [0.25, 0.3) is 0 Å². The second-order valence-electron chi connectivity index (χ2n) is 4.33. The van der Waals surface area contributed by atoms with Crippen LogP contribution in [-0.2, 0) is 0 Å². The molecule has 0 saturated carbocycles. The highest BCUT2D eigenvalue weighted by Gasteiger charge is 2.07. The number of benzene rings is 1. The van der Waals surface area contributed by atoms with E-state index >= 15 is 0 Å². The van der Waals surface area contributed by atoms with Crippen LogP contribution in [0.4, 0.5) is 4.39 Å². The first-order valence-corrected chi connectivity index (χ1v) is 6.40. The maximum Gasteiger partial charge on any atom is 0.123 e. The summed E-state index contributed by atoms with van der Waals surface area (Å²) < 4.78 is 12.8. The van der Waals surface area contributed by atoms with Crippen LogP contribution in [0, 0.1) is 5.82 Å². The van der Waals surface area contributed by atoms with Crippen LogP contribution >= 0.6 is 0 Å². The van der Waals surface area contributed by atoms with Gasteiger partial charge in [-0.2, -0.15) is 0 Å². The fourth-order valence-corrected chi connectivity index (χ4v) is 1.95.